The molecule has 3 nitrogen and oxygen atoms in total. The molecule has 0 radical (unpaired) electrons. The normalized spacial score (nSPS) is 12.2. The van der Waals surface area contributed by atoms with Crippen molar-refractivity contribution in [3.05, 3.63) is 58.4 Å². The van der Waals surface area contributed by atoms with Crippen molar-refractivity contribution in [2.45, 2.75) is 19.4 Å². The summed E-state index contributed by atoms with van der Waals surface area (Å²) in [5.74, 6) is 0.726. The van der Waals surface area contributed by atoms with Gasteiger partial charge in [-0.1, -0.05) is 17.7 Å². The third kappa shape index (κ3) is 3.46. The summed E-state index contributed by atoms with van der Waals surface area (Å²) in [7, 11) is 1.60. The molecule has 2 aromatic rings. The quantitative estimate of drug-likeness (QED) is 0.932. The summed E-state index contributed by atoms with van der Waals surface area (Å²) in [6.07, 6.45) is 3.25. The molecule has 0 saturated carbocycles. The molecular formula is C15H16ClNO2. The Morgan fingerprint density at radius 2 is 2.11 bits per heavy atom. The van der Waals surface area contributed by atoms with E-state index in [0.717, 1.165) is 22.4 Å². The fourth-order valence-corrected chi connectivity index (χ4v) is 2.19. The number of benzene rings is 1. The van der Waals surface area contributed by atoms with Crippen LogP contribution in [0.5, 0.6) is 5.75 Å². The Kier molecular flexibility index (Phi) is 4.40. The number of pyridine rings is 1. The van der Waals surface area contributed by atoms with E-state index < -0.39 is 6.10 Å². The molecule has 0 spiro atoms. The maximum Gasteiger partial charge on any atom is 0.122 e. The first-order valence-electron chi connectivity index (χ1n) is 6.02. The first-order valence-corrected chi connectivity index (χ1v) is 6.40. The standard InChI is InChI=1S/C15H16ClNO2/c1-10-5-12(9-17-8-10)14(18)7-11-6-13(16)3-4-15(11)19-2/h3-6,8-9,14,18H,7H2,1-2H3. The van der Waals surface area contributed by atoms with Crippen molar-refractivity contribution in [1.82, 2.24) is 4.98 Å². The molecule has 19 heavy (non-hydrogen) atoms. The van der Waals surface area contributed by atoms with Crippen LogP contribution >= 0.6 is 11.6 Å². The number of nitrogens with zero attached hydrogens (tertiary/aromatic N) is 1. The maximum absolute atomic E-state index is 10.3. The van der Waals surface area contributed by atoms with Gasteiger partial charge in [-0.05, 0) is 41.8 Å². The third-order valence-electron chi connectivity index (χ3n) is 2.94. The van der Waals surface area contributed by atoms with Crippen LogP contribution in [-0.4, -0.2) is 17.2 Å². The first kappa shape index (κ1) is 13.8. The third-order valence-corrected chi connectivity index (χ3v) is 3.17. The minimum atomic E-state index is -0.625. The Hall–Kier alpha value is -1.58. The Morgan fingerprint density at radius 1 is 1.32 bits per heavy atom. The minimum absolute atomic E-state index is 0.439. The first-order chi connectivity index (χ1) is 9.10. The second-order valence-electron chi connectivity index (χ2n) is 4.47. The highest BCUT2D eigenvalue weighted by atomic mass is 35.5. The van der Waals surface area contributed by atoms with Crippen LogP contribution in [0.15, 0.2) is 36.7 Å². The second-order valence-corrected chi connectivity index (χ2v) is 4.91. The number of aliphatic hydroxyl groups excluding tert-OH is 1. The van der Waals surface area contributed by atoms with E-state index in [4.69, 9.17) is 16.3 Å². The molecule has 0 saturated heterocycles. The number of aliphatic hydroxyl groups is 1. The van der Waals surface area contributed by atoms with Crippen LogP contribution in [0, 0.1) is 6.92 Å². The predicted molar refractivity (Wildman–Crippen MR) is 75.6 cm³/mol. The van der Waals surface area contributed by atoms with Gasteiger partial charge in [0.25, 0.3) is 0 Å². The molecule has 0 aliphatic carbocycles. The summed E-state index contributed by atoms with van der Waals surface area (Å²) in [4.78, 5) is 4.09. The number of hydrogen-bond acceptors (Lipinski definition) is 3. The molecule has 2 rings (SSSR count). The molecular weight excluding hydrogens is 262 g/mol. The molecule has 1 heterocycles. The fourth-order valence-electron chi connectivity index (χ4n) is 1.99. The maximum atomic E-state index is 10.3. The summed E-state index contributed by atoms with van der Waals surface area (Å²) in [5, 5.41) is 10.9. The molecule has 1 aromatic heterocycles. The van der Waals surface area contributed by atoms with E-state index in [1.807, 2.05) is 19.1 Å². The number of hydrogen-bond donors (Lipinski definition) is 1. The molecule has 4 heteroatoms. The monoisotopic (exact) mass is 277 g/mol. The average molecular weight is 278 g/mol. The zero-order chi connectivity index (χ0) is 13.8. The zero-order valence-corrected chi connectivity index (χ0v) is 11.7. The Morgan fingerprint density at radius 3 is 2.79 bits per heavy atom. The highest BCUT2D eigenvalue weighted by molar-refractivity contribution is 6.30. The molecule has 0 fully saturated rings. The van der Waals surface area contributed by atoms with Crippen molar-refractivity contribution in [3.63, 3.8) is 0 Å². The van der Waals surface area contributed by atoms with Gasteiger partial charge in [0.2, 0.25) is 0 Å². The van der Waals surface area contributed by atoms with Crippen LogP contribution in [0.3, 0.4) is 0 Å². The van der Waals surface area contributed by atoms with Crippen LogP contribution in [0.25, 0.3) is 0 Å². The molecule has 0 aliphatic rings. The van der Waals surface area contributed by atoms with Gasteiger partial charge in [0, 0.05) is 23.8 Å². The van der Waals surface area contributed by atoms with Crippen LogP contribution < -0.4 is 4.74 Å². The van der Waals surface area contributed by atoms with E-state index in [-0.39, 0.29) is 0 Å². The van der Waals surface area contributed by atoms with Crippen LogP contribution in [0.1, 0.15) is 22.8 Å². The van der Waals surface area contributed by atoms with Gasteiger partial charge < -0.3 is 9.84 Å². The smallest absolute Gasteiger partial charge is 0.122 e. The van der Waals surface area contributed by atoms with Gasteiger partial charge >= 0.3 is 0 Å². The molecule has 0 bridgehead atoms. The summed E-state index contributed by atoms with van der Waals surface area (Å²) in [6.45, 7) is 1.95. The fraction of sp³-hybridized carbons (Fsp3) is 0.267. The largest absolute Gasteiger partial charge is 0.496 e. The van der Waals surface area contributed by atoms with Gasteiger partial charge in [-0.2, -0.15) is 0 Å². The van der Waals surface area contributed by atoms with Crippen molar-refractivity contribution in [1.29, 1.82) is 0 Å². The van der Waals surface area contributed by atoms with E-state index in [0.29, 0.717) is 11.4 Å². The zero-order valence-electron chi connectivity index (χ0n) is 10.9. The highest BCUT2D eigenvalue weighted by Crippen LogP contribution is 2.27. The van der Waals surface area contributed by atoms with E-state index in [2.05, 4.69) is 4.98 Å². The molecule has 1 N–H and O–H groups in total. The molecule has 100 valence electrons. The van der Waals surface area contributed by atoms with E-state index in [1.54, 1.807) is 31.6 Å². The van der Waals surface area contributed by atoms with Gasteiger partial charge in [0.15, 0.2) is 0 Å². The van der Waals surface area contributed by atoms with Crippen LogP contribution in [-0.2, 0) is 6.42 Å². The van der Waals surface area contributed by atoms with Gasteiger partial charge in [0.05, 0.1) is 13.2 Å². The highest BCUT2D eigenvalue weighted by Gasteiger charge is 2.13. The Balaban J connectivity index is 2.23. The topological polar surface area (TPSA) is 42.4 Å². The molecule has 0 amide bonds. The summed E-state index contributed by atoms with van der Waals surface area (Å²) in [6, 6.07) is 7.31. The number of aryl methyl sites for hydroxylation is 1. The van der Waals surface area contributed by atoms with Crippen LogP contribution in [0.2, 0.25) is 5.02 Å². The summed E-state index contributed by atoms with van der Waals surface area (Å²) in [5.41, 5.74) is 2.70. The van der Waals surface area contributed by atoms with Crippen LogP contribution in [0.4, 0.5) is 0 Å². The molecule has 1 aromatic carbocycles. The van der Waals surface area contributed by atoms with Crippen molar-refractivity contribution in [2.24, 2.45) is 0 Å². The van der Waals surface area contributed by atoms with Crippen molar-refractivity contribution < 1.29 is 9.84 Å². The SMILES string of the molecule is COc1ccc(Cl)cc1CC(O)c1cncc(C)c1. The lowest BCUT2D eigenvalue weighted by Gasteiger charge is -2.14. The van der Waals surface area contributed by atoms with Crippen molar-refractivity contribution in [2.75, 3.05) is 7.11 Å². The molecule has 1 unspecified atom stereocenters. The summed E-state index contributed by atoms with van der Waals surface area (Å²) >= 11 is 5.98. The number of rotatable bonds is 4. The number of halogens is 1. The van der Waals surface area contributed by atoms with Crippen molar-refractivity contribution in [3.8, 4) is 5.75 Å². The summed E-state index contributed by atoms with van der Waals surface area (Å²) < 4.78 is 5.28. The van der Waals surface area contributed by atoms with Gasteiger partial charge in [0.1, 0.15) is 5.75 Å². The van der Waals surface area contributed by atoms with Gasteiger partial charge in [-0.15, -0.1) is 0 Å². The molecule has 1 atom stereocenters. The Labute approximate surface area is 117 Å². The predicted octanol–water partition coefficient (Wildman–Crippen LogP) is 3.33. The lowest BCUT2D eigenvalue weighted by Crippen LogP contribution is -2.04. The van der Waals surface area contributed by atoms with Crippen molar-refractivity contribution >= 4 is 11.6 Å². The number of methoxy groups -OCH3 is 1. The Bertz CT molecular complexity index is 572. The van der Waals surface area contributed by atoms with E-state index in [1.165, 1.54) is 0 Å². The van der Waals surface area contributed by atoms with Gasteiger partial charge in [-0.3, -0.25) is 4.98 Å². The van der Waals surface area contributed by atoms with Gasteiger partial charge in [-0.25, -0.2) is 0 Å². The van der Waals surface area contributed by atoms with E-state index >= 15 is 0 Å². The molecule has 0 aliphatic heterocycles. The average Bonchev–Trinajstić information content (AvgIpc) is 2.39. The lowest BCUT2D eigenvalue weighted by molar-refractivity contribution is 0.176. The van der Waals surface area contributed by atoms with E-state index in [9.17, 15) is 5.11 Å². The number of ether oxygens (including phenoxy) is 1. The number of aromatic nitrogens is 1. The minimum Gasteiger partial charge on any atom is -0.496 e. The lowest BCUT2D eigenvalue weighted by atomic mass is 10.0. The second kappa shape index (κ2) is 6.04.